The predicted molar refractivity (Wildman–Crippen MR) is 176 cm³/mol. The van der Waals surface area contributed by atoms with Crippen molar-refractivity contribution in [2.24, 2.45) is 0 Å². The number of pyridine rings is 1. The molecule has 1 aromatic heterocycles. The lowest BCUT2D eigenvalue weighted by atomic mass is 9.99. The van der Waals surface area contributed by atoms with Crippen molar-refractivity contribution in [1.82, 2.24) is 15.6 Å². The number of aromatic nitrogens is 1. The van der Waals surface area contributed by atoms with E-state index in [0.717, 1.165) is 16.7 Å². The molecule has 1 heterocycles. The van der Waals surface area contributed by atoms with Crippen LogP contribution in [-0.4, -0.2) is 60.9 Å². The number of esters is 2. The molecule has 0 fully saturated rings. The fourth-order valence-corrected chi connectivity index (χ4v) is 4.59. The van der Waals surface area contributed by atoms with Gasteiger partial charge in [-0.05, 0) is 40.8 Å². The molecule has 50 heavy (non-hydrogen) atoms. The van der Waals surface area contributed by atoms with Crippen LogP contribution in [0, 0.1) is 0 Å². The van der Waals surface area contributed by atoms with Crippen LogP contribution in [0.4, 0.5) is 23.8 Å². The van der Waals surface area contributed by atoms with Crippen LogP contribution >= 0.6 is 0 Å². The largest absolute Gasteiger partial charge is 0.491 e. The van der Waals surface area contributed by atoms with Gasteiger partial charge in [0.15, 0.2) is 0 Å². The molecular formula is C36H35F3N4O7. The molecule has 0 aliphatic heterocycles. The molecule has 0 aliphatic carbocycles. The maximum Gasteiger partial charge on any atom is 0.491 e. The highest BCUT2D eigenvalue weighted by molar-refractivity contribution is 5.90. The van der Waals surface area contributed by atoms with Crippen molar-refractivity contribution in [3.05, 3.63) is 120 Å². The van der Waals surface area contributed by atoms with Gasteiger partial charge in [-0.3, -0.25) is 9.59 Å². The average molecular weight is 693 g/mol. The van der Waals surface area contributed by atoms with Gasteiger partial charge in [0.1, 0.15) is 11.9 Å². The first-order valence-corrected chi connectivity index (χ1v) is 15.6. The number of amides is 2. The number of rotatable bonds is 16. The van der Waals surface area contributed by atoms with E-state index >= 15 is 0 Å². The second-order valence-corrected chi connectivity index (χ2v) is 10.8. The molecule has 262 valence electrons. The fraction of sp³-hybridized carbons (Fsp3) is 0.250. The van der Waals surface area contributed by atoms with Gasteiger partial charge in [0, 0.05) is 12.7 Å². The molecule has 0 radical (unpaired) electrons. The number of nitrogens with zero attached hydrogens (tertiary/aromatic N) is 1. The van der Waals surface area contributed by atoms with E-state index in [1.807, 2.05) is 42.5 Å². The van der Waals surface area contributed by atoms with Crippen LogP contribution in [0.25, 0.3) is 11.1 Å². The van der Waals surface area contributed by atoms with Crippen LogP contribution in [0.1, 0.15) is 30.0 Å². The quantitative estimate of drug-likeness (QED) is 0.0761. The van der Waals surface area contributed by atoms with Gasteiger partial charge in [-0.1, -0.05) is 91.0 Å². The molecule has 0 bridgehead atoms. The normalized spacial score (nSPS) is 12.2. The molecule has 4 rings (SSSR count). The van der Waals surface area contributed by atoms with Gasteiger partial charge in [0.25, 0.3) is 0 Å². The predicted octanol–water partition coefficient (Wildman–Crippen LogP) is 5.74. The SMILES string of the molecule is O=C(CC(NC(=O)C(COCc1ccccc1)NC(=O)OCCCNc1ccccn1)c1ccc(-c2ccccc2)cc1)OC(=O)C(F)(F)F. The lowest BCUT2D eigenvalue weighted by Crippen LogP contribution is -2.50. The molecule has 3 aromatic carbocycles. The van der Waals surface area contributed by atoms with Crippen molar-refractivity contribution in [1.29, 1.82) is 0 Å². The summed E-state index contributed by atoms with van der Waals surface area (Å²) < 4.78 is 53.3. The van der Waals surface area contributed by atoms with Crippen LogP contribution in [0.2, 0.25) is 0 Å². The van der Waals surface area contributed by atoms with E-state index in [1.54, 1.807) is 66.9 Å². The van der Waals surface area contributed by atoms with E-state index in [1.165, 1.54) is 0 Å². The second-order valence-electron chi connectivity index (χ2n) is 10.8. The highest BCUT2D eigenvalue weighted by Crippen LogP contribution is 2.25. The number of anilines is 1. The fourth-order valence-electron chi connectivity index (χ4n) is 4.59. The summed E-state index contributed by atoms with van der Waals surface area (Å²) in [7, 11) is 0. The van der Waals surface area contributed by atoms with Crippen LogP contribution in [-0.2, 0) is 35.2 Å². The average Bonchev–Trinajstić information content (AvgIpc) is 3.11. The topological polar surface area (TPSA) is 145 Å². The third-order valence-corrected chi connectivity index (χ3v) is 7.08. The summed E-state index contributed by atoms with van der Waals surface area (Å²) in [5, 5.41) is 8.12. The smallest absolute Gasteiger partial charge is 0.449 e. The molecule has 0 saturated heterocycles. The van der Waals surface area contributed by atoms with E-state index in [4.69, 9.17) is 9.47 Å². The Hall–Kier alpha value is -5.76. The Labute approximate surface area is 286 Å². The van der Waals surface area contributed by atoms with E-state index < -0.39 is 48.6 Å². The molecule has 0 aliphatic rings. The molecule has 2 amide bonds. The van der Waals surface area contributed by atoms with E-state index in [2.05, 4.69) is 25.7 Å². The van der Waals surface area contributed by atoms with Crippen molar-refractivity contribution < 1.29 is 46.6 Å². The zero-order valence-electron chi connectivity index (χ0n) is 26.7. The van der Waals surface area contributed by atoms with Crippen molar-refractivity contribution in [3.8, 4) is 11.1 Å². The molecule has 0 saturated carbocycles. The van der Waals surface area contributed by atoms with E-state index in [0.29, 0.717) is 24.3 Å². The van der Waals surface area contributed by atoms with Gasteiger partial charge >= 0.3 is 24.2 Å². The lowest BCUT2D eigenvalue weighted by molar-refractivity contribution is -0.202. The third kappa shape index (κ3) is 12.4. The van der Waals surface area contributed by atoms with Crippen LogP contribution < -0.4 is 16.0 Å². The number of alkyl carbamates (subject to hydrolysis) is 1. The summed E-state index contributed by atoms with van der Waals surface area (Å²) in [6.07, 6.45) is -5.10. The molecule has 14 heteroatoms. The Balaban J connectivity index is 1.45. The maximum absolute atomic E-state index is 13.6. The van der Waals surface area contributed by atoms with Gasteiger partial charge in [0.2, 0.25) is 5.91 Å². The Kier molecular flexibility index (Phi) is 13.9. The Bertz CT molecular complexity index is 1680. The third-order valence-electron chi connectivity index (χ3n) is 7.08. The second kappa shape index (κ2) is 18.7. The zero-order valence-corrected chi connectivity index (χ0v) is 26.7. The highest BCUT2D eigenvalue weighted by Gasteiger charge is 2.42. The minimum atomic E-state index is -5.40. The Morgan fingerprint density at radius 1 is 0.780 bits per heavy atom. The number of nitrogens with one attached hydrogen (secondary N) is 3. The summed E-state index contributed by atoms with van der Waals surface area (Å²) in [5.41, 5.74) is 2.78. The Morgan fingerprint density at radius 2 is 1.44 bits per heavy atom. The minimum absolute atomic E-state index is 0.000338. The first kappa shape index (κ1) is 37.1. The van der Waals surface area contributed by atoms with Crippen molar-refractivity contribution in [2.75, 3.05) is 25.1 Å². The standard InChI is InChI=1S/C36H35F3N4O7/c37-36(38,39)34(46)50-32(44)22-29(28-17-15-27(16-18-28)26-12-5-2-6-13-26)42-33(45)30(24-48-23-25-10-3-1-4-11-25)43-35(47)49-21-9-20-41-31-14-7-8-19-40-31/h1-8,10-19,29-30H,9,20-24H2,(H,40,41)(H,42,45)(H,43,47). The summed E-state index contributed by atoms with van der Waals surface area (Å²) in [5.74, 6) is -4.38. The molecule has 2 atom stereocenters. The van der Waals surface area contributed by atoms with Gasteiger partial charge < -0.3 is 30.2 Å². The maximum atomic E-state index is 13.6. The zero-order chi connectivity index (χ0) is 35.8. The van der Waals surface area contributed by atoms with Crippen LogP contribution in [0.3, 0.4) is 0 Å². The first-order valence-electron chi connectivity index (χ1n) is 15.6. The van der Waals surface area contributed by atoms with Gasteiger partial charge in [-0.15, -0.1) is 0 Å². The molecular weight excluding hydrogens is 657 g/mol. The molecule has 4 aromatic rings. The summed E-state index contributed by atoms with van der Waals surface area (Å²) in [6.45, 7) is 0.219. The van der Waals surface area contributed by atoms with Crippen LogP contribution in [0.5, 0.6) is 0 Å². The number of halogens is 3. The summed E-state index contributed by atoms with van der Waals surface area (Å²) in [4.78, 5) is 54.3. The van der Waals surface area contributed by atoms with E-state index in [-0.39, 0.29) is 19.8 Å². The highest BCUT2D eigenvalue weighted by atomic mass is 19.4. The number of carbonyl (C=O) groups excluding carboxylic acids is 4. The van der Waals surface area contributed by atoms with Crippen molar-refractivity contribution >= 4 is 29.8 Å². The summed E-state index contributed by atoms with van der Waals surface area (Å²) in [6, 6.07) is 27.7. The number of alkyl halides is 3. The van der Waals surface area contributed by atoms with Gasteiger partial charge in [-0.25, -0.2) is 14.6 Å². The number of benzene rings is 3. The lowest BCUT2D eigenvalue weighted by Gasteiger charge is -2.23. The minimum Gasteiger partial charge on any atom is -0.449 e. The first-order chi connectivity index (χ1) is 24.1. The number of ether oxygens (including phenoxy) is 3. The van der Waals surface area contributed by atoms with Gasteiger partial charge in [-0.2, -0.15) is 13.2 Å². The van der Waals surface area contributed by atoms with Crippen molar-refractivity contribution in [3.63, 3.8) is 0 Å². The molecule has 11 nitrogen and oxygen atoms in total. The number of hydrogen-bond donors (Lipinski definition) is 3. The Morgan fingerprint density at radius 3 is 2.10 bits per heavy atom. The van der Waals surface area contributed by atoms with Gasteiger partial charge in [0.05, 0.1) is 32.3 Å². The summed E-state index contributed by atoms with van der Waals surface area (Å²) >= 11 is 0. The van der Waals surface area contributed by atoms with E-state index in [9.17, 15) is 32.3 Å². The van der Waals surface area contributed by atoms with Crippen LogP contribution in [0.15, 0.2) is 109 Å². The molecule has 3 N–H and O–H groups in total. The molecule has 0 spiro atoms. The number of carbonyl (C=O) groups is 4. The number of hydrogen-bond acceptors (Lipinski definition) is 9. The molecule has 2 unspecified atom stereocenters. The van der Waals surface area contributed by atoms with Crippen molar-refractivity contribution in [2.45, 2.75) is 37.7 Å². The monoisotopic (exact) mass is 692 g/mol.